The van der Waals surface area contributed by atoms with Crippen LogP contribution in [0.4, 0.5) is 13.2 Å². The molecule has 0 bridgehead atoms. The van der Waals surface area contributed by atoms with Gasteiger partial charge in [0.05, 0.1) is 11.4 Å². The molecule has 0 radical (unpaired) electrons. The molecule has 0 saturated heterocycles. The van der Waals surface area contributed by atoms with Crippen molar-refractivity contribution in [2.24, 2.45) is 0 Å². The van der Waals surface area contributed by atoms with Crippen molar-refractivity contribution in [1.82, 2.24) is 14.4 Å². The van der Waals surface area contributed by atoms with E-state index >= 15 is 0 Å². The van der Waals surface area contributed by atoms with Gasteiger partial charge in [0.1, 0.15) is 5.65 Å². The molecule has 24 heavy (non-hydrogen) atoms. The highest BCUT2D eigenvalue weighted by atomic mass is 19.2. The fourth-order valence-corrected chi connectivity index (χ4v) is 2.67. The summed E-state index contributed by atoms with van der Waals surface area (Å²) >= 11 is 0. The van der Waals surface area contributed by atoms with E-state index in [0.717, 1.165) is 12.1 Å². The van der Waals surface area contributed by atoms with Gasteiger partial charge in [-0.3, -0.25) is 4.40 Å². The number of imidazole rings is 1. The molecule has 0 aliphatic heterocycles. The molecule has 4 aromatic rings. The van der Waals surface area contributed by atoms with E-state index in [9.17, 15) is 13.2 Å². The van der Waals surface area contributed by atoms with Gasteiger partial charge in [0.2, 0.25) is 5.95 Å². The predicted molar refractivity (Wildman–Crippen MR) is 83.7 cm³/mol. The number of fused-ring (bicyclic) bond motifs is 1. The van der Waals surface area contributed by atoms with Crippen LogP contribution in [-0.4, -0.2) is 14.4 Å². The number of hydrogen-bond acceptors (Lipinski definition) is 2. The summed E-state index contributed by atoms with van der Waals surface area (Å²) < 4.78 is 42.2. The van der Waals surface area contributed by atoms with Crippen molar-refractivity contribution >= 4 is 5.65 Å². The summed E-state index contributed by atoms with van der Waals surface area (Å²) in [4.78, 5) is 8.04. The summed E-state index contributed by atoms with van der Waals surface area (Å²) in [5, 5.41) is 0. The lowest BCUT2D eigenvalue weighted by Crippen LogP contribution is -1.92. The lowest BCUT2D eigenvalue weighted by molar-refractivity contribution is 0.509. The number of benzene rings is 1. The van der Waals surface area contributed by atoms with Crippen LogP contribution in [0.1, 0.15) is 0 Å². The SMILES string of the molecule is Fc1cc(-c2c(-c3ccc(F)c(F)c3)nc3ccccn23)ccn1. The third-order valence-electron chi connectivity index (χ3n) is 3.72. The molecule has 3 nitrogen and oxygen atoms in total. The van der Waals surface area contributed by atoms with Crippen LogP contribution in [-0.2, 0) is 0 Å². The summed E-state index contributed by atoms with van der Waals surface area (Å²) in [5.74, 6) is -2.52. The quantitative estimate of drug-likeness (QED) is 0.509. The molecule has 0 fully saturated rings. The van der Waals surface area contributed by atoms with Crippen LogP contribution < -0.4 is 0 Å². The second-order valence-corrected chi connectivity index (χ2v) is 5.23. The van der Waals surface area contributed by atoms with Gasteiger partial charge in [0, 0.05) is 29.6 Å². The zero-order valence-electron chi connectivity index (χ0n) is 12.2. The minimum atomic E-state index is -0.962. The van der Waals surface area contributed by atoms with E-state index in [1.54, 1.807) is 22.7 Å². The van der Waals surface area contributed by atoms with Gasteiger partial charge < -0.3 is 0 Å². The second-order valence-electron chi connectivity index (χ2n) is 5.23. The third-order valence-corrected chi connectivity index (χ3v) is 3.72. The summed E-state index contributed by atoms with van der Waals surface area (Å²) in [7, 11) is 0. The van der Waals surface area contributed by atoms with Gasteiger partial charge in [-0.05, 0) is 36.4 Å². The molecule has 3 heterocycles. The van der Waals surface area contributed by atoms with Crippen LogP contribution in [0, 0.1) is 17.6 Å². The Morgan fingerprint density at radius 1 is 0.833 bits per heavy atom. The molecule has 0 unspecified atom stereocenters. The molecule has 1 aromatic carbocycles. The molecule has 6 heteroatoms. The van der Waals surface area contributed by atoms with E-state index in [-0.39, 0.29) is 0 Å². The summed E-state index contributed by atoms with van der Waals surface area (Å²) in [6.45, 7) is 0. The molecule has 0 amide bonds. The number of pyridine rings is 2. The average molecular weight is 325 g/mol. The maximum Gasteiger partial charge on any atom is 0.213 e. The molecule has 0 spiro atoms. The molecule has 0 N–H and O–H groups in total. The van der Waals surface area contributed by atoms with Crippen molar-refractivity contribution in [3.63, 3.8) is 0 Å². The number of halogens is 3. The fourth-order valence-electron chi connectivity index (χ4n) is 2.67. The number of hydrogen-bond donors (Lipinski definition) is 0. The van der Waals surface area contributed by atoms with Crippen molar-refractivity contribution in [2.75, 3.05) is 0 Å². The Balaban J connectivity index is 2.05. The van der Waals surface area contributed by atoms with Crippen molar-refractivity contribution in [1.29, 1.82) is 0 Å². The van der Waals surface area contributed by atoms with Crippen molar-refractivity contribution in [3.05, 3.63) is 78.5 Å². The zero-order chi connectivity index (χ0) is 16.7. The summed E-state index contributed by atoms with van der Waals surface area (Å²) in [6.07, 6.45) is 3.13. The molecule has 0 atom stereocenters. The highest BCUT2D eigenvalue weighted by molar-refractivity contribution is 5.81. The van der Waals surface area contributed by atoms with Crippen molar-refractivity contribution < 1.29 is 13.2 Å². The molecule has 0 aliphatic carbocycles. The molecule has 0 aliphatic rings. The van der Waals surface area contributed by atoms with Gasteiger partial charge >= 0.3 is 0 Å². The average Bonchev–Trinajstić information content (AvgIpc) is 2.97. The van der Waals surface area contributed by atoms with E-state index in [2.05, 4.69) is 9.97 Å². The van der Waals surface area contributed by atoms with Gasteiger partial charge in [-0.15, -0.1) is 0 Å². The molecule has 118 valence electrons. The first-order valence-electron chi connectivity index (χ1n) is 7.18. The van der Waals surface area contributed by atoms with Gasteiger partial charge in [0.15, 0.2) is 11.6 Å². The number of rotatable bonds is 2. The lowest BCUT2D eigenvalue weighted by Gasteiger charge is -2.06. The van der Waals surface area contributed by atoms with E-state index < -0.39 is 17.6 Å². The van der Waals surface area contributed by atoms with E-state index in [0.29, 0.717) is 28.2 Å². The third kappa shape index (κ3) is 2.32. The van der Waals surface area contributed by atoms with Crippen molar-refractivity contribution in [2.45, 2.75) is 0 Å². The Labute approximate surface area is 135 Å². The molecule has 0 saturated carbocycles. The lowest BCUT2D eigenvalue weighted by atomic mass is 10.1. The largest absolute Gasteiger partial charge is 0.299 e. The van der Waals surface area contributed by atoms with E-state index in [4.69, 9.17) is 0 Å². The first-order valence-corrected chi connectivity index (χ1v) is 7.18. The molecule has 4 rings (SSSR count). The van der Waals surface area contributed by atoms with Gasteiger partial charge in [-0.25, -0.2) is 18.7 Å². The number of nitrogens with zero attached hydrogens (tertiary/aromatic N) is 3. The Bertz CT molecular complexity index is 1060. The predicted octanol–water partition coefficient (Wildman–Crippen LogP) is 4.48. The van der Waals surface area contributed by atoms with Crippen LogP contribution in [0.5, 0.6) is 0 Å². The van der Waals surface area contributed by atoms with Crippen LogP contribution in [0.2, 0.25) is 0 Å². The summed E-state index contributed by atoms with van der Waals surface area (Å²) in [6, 6.07) is 11.9. The van der Waals surface area contributed by atoms with Crippen LogP contribution in [0.3, 0.4) is 0 Å². The van der Waals surface area contributed by atoms with Gasteiger partial charge in [0.25, 0.3) is 0 Å². The van der Waals surface area contributed by atoms with Crippen LogP contribution in [0.25, 0.3) is 28.2 Å². The molecule has 3 aromatic heterocycles. The monoisotopic (exact) mass is 325 g/mol. The van der Waals surface area contributed by atoms with Gasteiger partial charge in [-0.1, -0.05) is 6.07 Å². The Hall–Kier alpha value is -3.15. The highest BCUT2D eigenvalue weighted by Gasteiger charge is 2.17. The fraction of sp³-hybridized carbons (Fsp3) is 0. The summed E-state index contributed by atoms with van der Waals surface area (Å²) in [5.41, 5.74) is 2.58. The topological polar surface area (TPSA) is 30.2 Å². The van der Waals surface area contributed by atoms with Crippen molar-refractivity contribution in [3.8, 4) is 22.5 Å². The second kappa shape index (κ2) is 5.49. The maximum absolute atomic E-state index is 13.6. The minimum Gasteiger partial charge on any atom is -0.299 e. The standard InChI is InChI=1S/C18H10F3N3/c19-13-5-4-11(9-14(13)20)17-18(12-6-7-22-15(21)10-12)24-8-2-1-3-16(24)23-17/h1-10H. The maximum atomic E-state index is 13.6. The minimum absolute atomic E-state index is 0.407. The van der Waals surface area contributed by atoms with Crippen LogP contribution >= 0.6 is 0 Å². The first-order chi connectivity index (χ1) is 11.6. The highest BCUT2D eigenvalue weighted by Crippen LogP contribution is 2.33. The van der Waals surface area contributed by atoms with Crippen LogP contribution in [0.15, 0.2) is 60.9 Å². The Morgan fingerprint density at radius 3 is 2.50 bits per heavy atom. The molecular weight excluding hydrogens is 315 g/mol. The van der Waals surface area contributed by atoms with E-state index in [1.165, 1.54) is 18.3 Å². The smallest absolute Gasteiger partial charge is 0.213 e. The molecular formula is C18H10F3N3. The normalized spacial score (nSPS) is 11.1. The number of aromatic nitrogens is 3. The zero-order valence-corrected chi connectivity index (χ0v) is 12.2. The first kappa shape index (κ1) is 14.4. The Morgan fingerprint density at radius 2 is 1.71 bits per heavy atom. The Kier molecular flexibility index (Phi) is 3.30. The van der Waals surface area contributed by atoms with Gasteiger partial charge in [-0.2, -0.15) is 4.39 Å². The van der Waals surface area contributed by atoms with E-state index in [1.807, 2.05) is 12.1 Å².